The van der Waals surface area contributed by atoms with E-state index in [0.717, 1.165) is 22.5 Å². The van der Waals surface area contributed by atoms with Gasteiger partial charge in [-0.1, -0.05) is 29.8 Å². The van der Waals surface area contributed by atoms with Crippen molar-refractivity contribution in [1.82, 2.24) is 24.9 Å². The van der Waals surface area contributed by atoms with Crippen LogP contribution >= 0.6 is 24.0 Å². The molecule has 0 spiro atoms. The quantitative estimate of drug-likeness (QED) is 0.652. The first-order valence-corrected chi connectivity index (χ1v) is 8.79. The Kier molecular flexibility index (Phi) is 7.12. The maximum Gasteiger partial charge on any atom is 0.252 e. The highest BCUT2D eigenvalue weighted by molar-refractivity contribution is 6.31. The average Bonchev–Trinajstić information content (AvgIpc) is 3.04. The summed E-state index contributed by atoms with van der Waals surface area (Å²) in [5, 5.41) is 7.90. The van der Waals surface area contributed by atoms with E-state index in [1.165, 1.54) is 0 Å². The second-order valence-electron chi connectivity index (χ2n) is 6.07. The fourth-order valence-corrected chi connectivity index (χ4v) is 3.06. The number of aryl methyl sites for hydroxylation is 2. The molecule has 0 aliphatic rings. The number of nitrogens with one attached hydrogen (secondary N) is 1. The first-order chi connectivity index (χ1) is 12.5. The summed E-state index contributed by atoms with van der Waals surface area (Å²) in [5.74, 6) is 1.05. The summed E-state index contributed by atoms with van der Waals surface area (Å²) >= 11 is 6.11. The van der Waals surface area contributed by atoms with Crippen LogP contribution in [0.4, 0.5) is 0 Å². The SMILES string of the molecule is Cc1nc2nc(CN)nn2c(C)c1CCC(=O)NCc1ccccc1Cl.Cl. The van der Waals surface area contributed by atoms with Crippen LogP contribution in [-0.4, -0.2) is 25.5 Å². The van der Waals surface area contributed by atoms with Crippen molar-refractivity contribution in [2.24, 2.45) is 5.73 Å². The maximum atomic E-state index is 12.2. The highest BCUT2D eigenvalue weighted by atomic mass is 35.5. The van der Waals surface area contributed by atoms with Gasteiger partial charge in [0.25, 0.3) is 5.78 Å². The zero-order chi connectivity index (χ0) is 18.7. The van der Waals surface area contributed by atoms with Crippen LogP contribution < -0.4 is 11.1 Å². The summed E-state index contributed by atoms with van der Waals surface area (Å²) in [6, 6.07) is 7.47. The van der Waals surface area contributed by atoms with Gasteiger partial charge in [0.1, 0.15) is 0 Å². The molecule has 0 saturated heterocycles. The zero-order valence-electron chi connectivity index (χ0n) is 15.2. The van der Waals surface area contributed by atoms with Crippen LogP contribution in [0.2, 0.25) is 5.02 Å². The molecule has 0 radical (unpaired) electrons. The van der Waals surface area contributed by atoms with Crippen molar-refractivity contribution < 1.29 is 4.79 Å². The van der Waals surface area contributed by atoms with E-state index in [9.17, 15) is 4.79 Å². The number of amides is 1. The standard InChI is InChI=1S/C18H21ClN6O.ClH/c1-11-14(12(2)25-18(22-11)23-16(9-20)24-25)7-8-17(26)21-10-13-5-3-4-6-15(13)19;/h3-6H,7-10,20H2,1-2H3,(H,21,26);1H. The lowest BCUT2D eigenvalue weighted by molar-refractivity contribution is -0.121. The highest BCUT2D eigenvalue weighted by Crippen LogP contribution is 2.16. The van der Waals surface area contributed by atoms with E-state index in [-0.39, 0.29) is 24.9 Å². The first-order valence-electron chi connectivity index (χ1n) is 8.41. The normalized spacial score (nSPS) is 10.7. The summed E-state index contributed by atoms with van der Waals surface area (Å²) < 4.78 is 1.69. The molecule has 1 aromatic carbocycles. The number of hydrogen-bond acceptors (Lipinski definition) is 5. The number of nitrogens with two attached hydrogens (primary N) is 1. The van der Waals surface area contributed by atoms with E-state index in [2.05, 4.69) is 20.4 Å². The summed E-state index contributed by atoms with van der Waals surface area (Å²) in [6.07, 6.45) is 0.935. The van der Waals surface area contributed by atoms with E-state index in [1.807, 2.05) is 38.1 Å². The Morgan fingerprint density at radius 3 is 2.70 bits per heavy atom. The number of nitrogens with zero attached hydrogens (tertiary/aromatic N) is 4. The Morgan fingerprint density at radius 2 is 2.00 bits per heavy atom. The fourth-order valence-electron chi connectivity index (χ4n) is 2.86. The molecule has 27 heavy (non-hydrogen) atoms. The van der Waals surface area contributed by atoms with Crippen molar-refractivity contribution in [1.29, 1.82) is 0 Å². The predicted octanol–water partition coefficient (Wildman–Crippen LogP) is 2.52. The van der Waals surface area contributed by atoms with Gasteiger partial charge in [0.05, 0.1) is 6.54 Å². The molecule has 3 aromatic rings. The summed E-state index contributed by atoms with van der Waals surface area (Å²) in [7, 11) is 0. The molecule has 3 N–H and O–H groups in total. The van der Waals surface area contributed by atoms with Crippen molar-refractivity contribution in [3.05, 3.63) is 57.6 Å². The van der Waals surface area contributed by atoms with E-state index < -0.39 is 0 Å². The second-order valence-corrected chi connectivity index (χ2v) is 6.48. The van der Waals surface area contributed by atoms with E-state index in [0.29, 0.717) is 36.0 Å². The topological polar surface area (TPSA) is 98.2 Å². The number of carbonyl (C=O) groups is 1. The molecular formula is C18H22Cl2N6O. The van der Waals surface area contributed by atoms with Gasteiger partial charge in [-0.2, -0.15) is 4.98 Å². The largest absolute Gasteiger partial charge is 0.352 e. The molecule has 1 amide bonds. The monoisotopic (exact) mass is 408 g/mol. The molecule has 0 aliphatic carbocycles. The molecule has 0 fully saturated rings. The zero-order valence-corrected chi connectivity index (χ0v) is 16.8. The van der Waals surface area contributed by atoms with E-state index >= 15 is 0 Å². The number of carbonyl (C=O) groups excluding carboxylic acids is 1. The van der Waals surface area contributed by atoms with Gasteiger partial charge >= 0.3 is 0 Å². The molecule has 9 heteroatoms. The minimum atomic E-state index is -0.0370. The molecular weight excluding hydrogens is 387 g/mol. The van der Waals surface area contributed by atoms with Crippen molar-refractivity contribution in [3.63, 3.8) is 0 Å². The molecule has 0 unspecified atom stereocenters. The van der Waals surface area contributed by atoms with Crippen molar-refractivity contribution in [2.75, 3.05) is 0 Å². The third-order valence-electron chi connectivity index (χ3n) is 4.31. The number of benzene rings is 1. The molecule has 7 nitrogen and oxygen atoms in total. The van der Waals surface area contributed by atoms with Crippen LogP contribution in [0.3, 0.4) is 0 Å². The maximum absolute atomic E-state index is 12.2. The number of fused-ring (bicyclic) bond motifs is 1. The average molecular weight is 409 g/mol. The lowest BCUT2D eigenvalue weighted by Crippen LogP contribution is -2.23. The smallest absolute Gasteiger partial charge is 0.252 e. The number of rotatable bonds is 6. The molecule has 144 valence electrons. The van der Waals surface area contributed by atoms with Gasteiger partial charge in [-0.15, -0.1) is 17.5 Å². The molecule has 2 heterocycles. The molecule has 0 atom stereocenters. The van der Waals surface area contributed by atoms with Gasteiger partial charge in [-0.25, -0.2) is 9.50 Å². The Bertz CT molecular complexity index is 956. The van der Waals surface area contributed by atoms with Gasteiger partial charge in [0.15, 0.2) is 5.82 Å². The molecule has 0 bridgehead atoms. The minimum absolute atomic E-state index is 0. The van der Waals surface area contributed by atoms with Gasteiger partial charge in [-0.05, 0) is 37.5 Å². The highest BCUT2D eigenvalue weighted by Gasteiger charge is 2.14. The Balaban J connectivity index is 0.00000261. The summed E-state index contributed by atoms with van der Waals surface area (Å²) in [5.41, 5.74) is 9.28. The molecule has 0 saturated carbocycles. The fraction of sp³-hybridized carbons (Fsp3) is 0.333. The Labute approximate surface area is 168 Å². The van der Waals surface area contributed by atoms with Crippen LogP contribution in [0.25, 0.3) is 5.78 Å². The molecule has 0 aliphatic heterocycles. The van der Waals surface area contributed by atoms with Gasteiger partial charge in [-0.3, -0.25) is 4.79 Å². The van der Waals surface area contributed by atoms with Crippen LogP contribution in [0.5, 0.6) is 0 Å². The van der Waals surface area contributed by atoms with Crippen LogP contribution in [-0.2, 0) is 24.3 Å². The third-order valence-corrected chi connectivity index (χ3v) is 4.68. The van der Waals surface area contributed by atoms with Crippen LogP contribution in [0.1, 0.15) is 34.8 Å². The third kappa shape index (κ3) is 4.74. The molecule has 2 aromatic heterocycles. The lowest BCUT2D eigenvalue weighted by atomic mass is 10.1. The van der Waals surface area contributed by atoms with Crippen molar-refractivity contribution in [3.8, 4) is 0 Å². The Hall–Kier alpha value is -2.22. The first kappa shape index (κ1) is 21.1. The number of halogens is 2. The van der Waals surface area contributed by atoms with Crippen molar-refractivity contribution in [2.45, 2.75) is 39.8 Å². The van der Waals surface area contributed by atoms with Crippen molar-refractivity contribution >= 4 is 35.7 Å². The number of hydrogen-bond donors (Lipinski definition) is 2. The van der Waals surface area contributed by atoms with Gasteiger partial charge in [0.2, 0.25) is 5.91 Å². The van der Waals surface area contributed by atoms with Crippen LogP contribution in [0.15, 0.2) is 24.3 Å². The van der Waals surface area contributed by atoms with E-state index in [4.69, 9.17) is 17.3 Å². The molecule has 3 rings (SSSR count). The van der Waals surface area contributed by atoms with Crippen LogP contribution in [0, 0.1) is 13.8 Å². The minimum Gasteiger partial charge on any atom is -0.352 e. The number of aromatic nitrogens is 4. The predicted molar refractivity (Wildman–Crippen MR) is 107 cm³/mol. The summed E-state index contributed by atoms with van der Waals surface area (Å²) in [6.45, 7) is 4.55. The summed E-state index contributed by atoms with van der Waals surface area (Å²) in [4.78, 5) is 21.0. The Morgan fingerprint density at radius 1 is 1.26 bits per heavy atom. The van der Waals surface area contributed by atoms with Gasteiger partial charge < -0.3 is 11.1 Å². The lowest BCUT2D eigenvalue weighted by Gasteiger charge is -2.11. The second kappa shape index (κ2) is 9.12. The van der Waals surface area contributed by atoms with Gasteiger partial charge in [0, 0.05) is 29.4 Å². The van der Waals surface area contributed by atoms with E-state index in [1.54, 1.807) is 4.52 Å².